The first-order chi connectivity index (χ1) is 9.10. The molecule has 2 aromatic rings. The minimum atomic E-state index is 0.526. The van der Waals surface area contributed by atoms with Crippen LogP contribution in [-0.2, 0) is 6.42 Å². The molecule has 1 N–H and O–H groups in total. The van der Waals surface area contributed by atoms with Crippen LogP contribution in [0.15, 0.2) is 24.3 Å². The van der Waals surface area contributed by atoms with Gasteiger partial charge in [0, 0.05) is 34.8 Å². The molecule has 0 unspecified atom stereocenters. The lowest BCUT2D eigenvalue weighted by Crippen LogP contribution is -2.05. The summed E-state index contributed by atoms with van der Waals surface area (Å²) in [5, 5.41) is 4.47. The predicted octanol–water partition coefficient (Wildman–Crippen LogP) is 4.11. The number of benzene rings is 1. The number of nitrogens with one attached hydrogen (secondary N) is 1. The largest absolute Gasteiger partial charge is 0.370 e. The average molecular weight is 296 g/mol. The molecule has 0 aliphatic rings. The first-order valence-electron chi connectivity index (χ1n) is 6.11. The van der Waals surface area contributed by atoms with Gasteiger partial charge in [-0.15, -0.1) is 0 Å². The Labute approximate surface area is 123 Å². The third kappa shape index (κ3) is 3.58. The van der Waals surface area contributed by atoms with Gasteiger partial charge in [-0.1, -0.05) is 29.3 Å². The molecule has 0 saturated heterocycles. The summed E-state index contributed by atoms with van der Waals surface area (Å²) in [7, 11) is 0. The molecule has 0 fully saturated rings. The van der Waals surface area contributed by atoms with Gasteiger partial charge in [0.15, 0.2) is 0 Å². The van der Waals surface area contributed by atoms with E-state index in [0.717, 1.165) is 23.6 Å². The lowest BCUT2D eigenvalue weighted by molar-refractivity contribution is 0.938. The average Bonchev–Trinajstić information content (AvgIpc) is 2.34. The highest BCUT2D eigenvalue weighted by Crippen LogP contribution is 2.26. The molecule has 0 bridgehead atoms. The fraction of sp³-hybridized carbons (Fsp3) is 0.286. The number of hydrogen-bond acceptors (Lipinski definition) is 3. The molecule has 2 rings (SSSR count). The first kappa shape index (κ1) is 14.1. The van der Waals surface area contributed by atoms with Gasteiger partial charge in [-0.25, -0.2) is 9.97 Å². The SMILES string of the molecule is CCNc1cc(C)nc(Cc2c(Cl)cccc2Cl)n1. The molecule has 1 aromatic heterocycles. The highest BCUT2D eigenvalue weighted by molar-refractivity contribution is 6.36. The first-order valence-corrected chi connectivity index (χ1v) is 6.87. The van der Waals surface area contributed by atoms with E-state index < -0.39 is 0 Å². The fourth-order valence-electron chi connectivity index (χ4n) is 1.84. The van der Waals surface area contributed by atoms with Crippen molar-refractivity contribution in [3.05, 3.63) is 51.4 Å². The fourth-order valence-corrected chi connectivity index (χ4v) is 2.37. The van der Waals surface area contributed by atoms with Crippen LogP contribution in [0.5, 0.6) is 0 Å². The number of aryl methyl sites for hydroxylation is 1. The molecule has 3 nitrogen and oxygen atoms in total. The van der Waals surface area contributed by atoms with Gasteiger partial charge in [0.25, 0.3) is 0 Å². The molecule has 19 heavy (non-hydrogen) atoms. The van der Waals surface area contributed by atoms with E-state index in [1.54, 1.807) is 0 Å². The summed E-state index contributed by atoms with van der Waals surface area (Å²) >= 11 is 12.3. The van der Waals surface area contributed by atoms with Crippen LogP contribution in [0.2, 0.25) is 10.0 Å². The Morgan fingerprint density at radius 2 is 1.84 bits per heavy atom. The van der Waals surface area contributed by atoms with Crippen molar-refractivity contribution < 1.29 is 0 Å². The Morgan fingerprint density at radius 3 is 2.47 bits per heavy atom. The Hall–Kier alpha value is -1.32. The second-order valence-corrected chi connectivity index (χ2v) is 5.03. The van der Waals surface area contributed by atoms with Crippen molar-refractivity contribution in [3.63, 3.8) is 0 Å². The van der Waals surface area contributed by atoms with E-state index in [9.17, 15) is 0 Å². The van der Waals surface area contributed by atoms with Crippen LogP contribution in [0.25, 0.3) is 0 Å². The molecule has 1 aromatic carbocycles. The topological polar surface area (TPSA) is 37.8 Å². The number of halogens is 2. The third-order valence-electron chi connectivity index (χ3n) is 2.65. The van der Waals surface area contributed by atoms with E-state index in [-0.39, 0.29) is 0 Å². The second-order valence-electron chi connectivity index (χ2n) is 4.22. The summed E-state index contributed by atoms with van der Waals surface area (Å²) in [6.45, 7) is 4.80. The molecule has 1 heterocycles. The maximum atomic E-state index is 6.16. The summed E-state index contributed by atoms with van der Waals surface area (Å²) in [5.41, 5.74) is 1.78. The normalized spacial score (nSPS) is 10.5. The van der Waals surface area contributed by atoms with Gasteiger partial charge in [-0.05, 0) is 31.5 Å². The van der Waals surface area contributed by atoms with Gasteiger partial charge in [-0.3, -0.25) is 0 Å². The Bertz CT molecular complexity index is 565. The maximum absolute atomic E-state index is 6.16. The molecule has 0 amide bonds. The lowest BCUT2D eigenvalue weighted by atomic mass is 10.1. The van der Waals surface area contributed by atoms with E-state index in [0.29, 0.717) is 22.3 Å². The molecule has 100 valence electrons. The zero-order valence-electron chi connectivity index (χ0n) is 10.9. The number of anilines is 1. The molecule has 0 radical (unpaired) electrons. The van der Waals surface area contributed by atoms with Gasteiger partial charge in [-0.2, -0.15) is 0 Å². The van der Waals surface area contributed by atoms with Crippen molar-refractivity contribution >= 4 is 29.0 Å². The van der Waals surface area contributed by atoms with Gasteiger partial charge < -0.3 is 5.32 Å². The van der Waals surface area contributed by atoms with Crippen LogP contribution in [0.3, 0.4) is 0 Å². The Kier molecular flexibility index (Phi) is 4.61. The van der Waals surface area contributed by atoms with E-state index in [1.165, 1.54) is 0 Å². The van der Waals surface area contributed by atoms with E-state index in [2.05, 4.69) is 15.3 Å². The number of aromatic nitrogens is 2. The number of nitrogens with zero attached hydrogens (tertiary/aromatic N) is 2. The molecular formula is C14H15Cl2N3. The van der Waals surface area contributed by atoms with Gasteiger partial charge in [0.05, 0.1) is 0 Å². The molecule has 0 aliphatic heterocycles. The zero-order chi connectivity index (χ0) is 13.8. The molecule has 5 heteroatoms. The van der Waals surface area contributed by atoms with Crippen LogP contribution in [-0.4, -0.2) is 16.5 Å². The lowest BCUT2D eigenvalue weighted by Gasteiger charge is -2.09. The third-order valence-corrected chi connectivity index (χ3v) is 3.36. The van der Waals surface area contributed by atoms with Crippen molar-refractivity contribution in [1.29, 1.82) is 0 Å². The van der Waals surface area contributed by atoms with Gasteiger partial charge >= 0.3 is 0 Å². The van der Waals surface area contributed by atoms with Crippen LogP contribution < -0.4 is 5.32 Å². The van der Waals surface area contributed by atoms with Crippen LogP contribution in [0.1, 0.15) is 24.0 Å². The number of hydrogen-bond donors (Lipinski definition) is 1. The second kappa shape index (κ2) is 6.22. The van der Waals surface area contributed by atoms with Crippen LogP contribution in [0.4, 0.5) is 5.82 Å². The van der Waals surface area contributed by atoms with Crippen molar-refractivity contribution in [1.82, 2.24) is 9.97 Å². The summed E-state index contributed by atoms with van der Waals surface area (Å²) < 4.78 is 0. The molecule has 0 spiro atoms. The van der Waals surface area contributed by atoms with Crippen LogP contribution in [0, 0.1) is 6.92 Å². The van der Waals surface area contributed by atoms with Crippen molar-refractivity contribution in [2.24, 2.45) is 0 Å². The Morgan fingerprint density at radius 1 is 1.16 bits per heavy atom. The van der Waals surface area contributed by atoms with E-state index in [4.69, 9.17) is 23.2 Å². The van der Waals surface area contributed by atoms with E-state index in [1.807, 2.05) is 38.1 Å². The highest BCUT2D eigenvalue weighted by Gasteiger charge is 2.09. The van der Waals surface area contributed by atoms with Gasteiger partial charge in [0.1, 0.15) is 11.6 Å². The summed E-state index contributed by atoms with van der Waals surface area (Å²) in [5.74, 6) is 1.54. The minimum Gasteiger partial charge on any atom is -0.370 e. The molecular weight excluding hydrogens is 281 g/mol. The van der Waals surface area contributed by atoms with Crippen LogP contribution >= 0.6 is 23.2 Å². The monoisotopic (exact) mass is 295 g/mol. The molecule has 0 aliphatic carbocycles. The summed E-state index contributed by atoms with van der Waals surface area (Å²) in [6, 6.07) is 7.39. The standard InChI is InChI=1S/C14H15Cl2N3/c1-3-17-13-7-9(2)18-14(19-13)8-10-11(15)5-4-6-12(10)16/h4-7H,3,8H2,1-2H3,(H,17,18,19). The molecule has 0 saturated carbocycles. The van der Waals surface area contributed by atoms with Crippen molar-refractivity contribution in [2.75, 3.05) is 11.9 Å². The summed E-state index contributed by atoms with van der Waals surface area (Å²) in [4.78, 5) is 8.89. The summed E-state index contributed by atoms with van der Waals surface area (Å²) in [6.07, 6.45) is 0.526. The van der Waals surface area contributed by atoms with E-state index >= 15 is 0 Å². The maximum Gasteiger partial charge on any atom is 0.135 e. The minimum absolute atomic E-state index is 0.526. The molecule has 0 atom stereocenters. The quantitative estimate of drug-likeness (QED) is 0.922. The highest BCUT2D eigenvalue weighted by atomic mass is 35.5. The zero-order valence-corrected chi connectivity index (χ0v) is 12.4. The predicted molar refractivity (Wildman–Crippen MR) is 80.2 cm³/mol. The Balaban J connectivity index is 2.33. The van der Waals surface area contributed by atoms with Crippen molar-refractivity contribution in [3.8, 4) is 0 Å². The van der Waals surface area contributed by atoms with Crippen molar-refractivity contribution in [2.45, 2.75) is 20.3 Å². The smallest absolute Gasteiger partial charge is 0.135 e. The van der Waals surface area contributed by atoms with Gasteiger partial charge in [0.2, 0.25) is 0 Å². The number of rotatable bonds is 4.